The summed E-state index contributed by atoms with van der Waals surface area (Å²) in [5.74, 6) is -2.15. The summed E-state index contributed by atoms with van der Waals surface area (Å²) in [6.45, 7) is 0.223. The van der Waals surface area contributed by atoms with E-state index in [-0.39, 0.29) is 40.5 Å². The first-order valence-corrected chi connectivity index (χ1v) is 11.3. The second-order valence-corrected chi connectivity index (χ2v) is 8.37. The number of fused-ring (bicyclic) bond motifs is 1. The summed E-state index contributed by atoms with van der Waals surface area (Å²) < 4.78 is 17.4. The molecule has 1 amide bonds. The van der Waals surface area contributed by atoms with Crippen LogP contribution in [0, 0.1) is 5.82 Å². The molecule has 5 rings (SSSR count). The SMILES string of the molecule is O=C(O)c1ccc(-c2nc(-c3cnn4ccccc34)nc(N[C@@H]3CCCN(C(=O)CO)C3)c2F)cn1. The van der Waals surface area contributed by atoms with Gasteiger partial charge in [0.25, 0.3) is 0 Å². The van der Waals surface area contributed by atoms with Crippen LogP contribution in [0.1, 0.15) is 23.3 Å². The molecule has 1 aliphatic heterocycles. The number of aliphatic hydroxyl groups excluding tert-OH is 1. The number of aromatic carboxylic acids is 1. The van der Waals surface area contributed by atoms with Gasteiger partial charge in [-0.05, 0) is 37.1 Å². The number of nitrogens with zero attached hydrogens (tertiary/aromatic N) is 6. The Balaban J connectivity index is 1.58. The van der Waals surface area contributed by atoms with Crippen LogP contribution in [0.4, 0.5) is 10.2 Å². The number of aliphatic hydroxyl groups is 1. The Morgan fingerprint density at radius 2 is 2.03 bits per heavy atom. The molecule has 0 bridgehead atoms. The first kappa shape index (κ1) is 23.3. The van der Waals surface area contributed by atoms with Crippen molar-refractivity contribution >= 4 is 23.2 Å². The molecule has 3 N–H and O–H groups in total. The van der Waals surface area contributed by atoms with Crippen molar-refractivity contribution in [2.75, 3.05) is 25.0 Å². The maximum Gasteiger partial charge on any atom is 0.354 e. The van der Waals surface area contributed by atoms with Crippen molar-refractivity contribution in [1.82, 2.24) is 29.5 Å². The third-order valence-corrected chi connectivity index (χ3v) is 6.02. The number of hydrogen-bond acceptors (Lipinski definition) is 8. The molecule has 184 valence electrons. The molecular formula is C24H22FN7O4. The van der Waals surface area contributed by atoms with E-state index < -0.39 is 18.4 Å². The molecule has 36 heavy (non-hydrogen) atoms. The molecule has 4 aromatic rings. The predicted molar refractivity (Wildman–Crippen MR) is 127 cm³/mol. The van der Waals surface area contributed by atoms with Crippen LogP contribution in [0.2, 0.25) is 0 Å². The zero-order chi connectivity index (χ0) is 25.2. The van der Waals surface area contributed by atoms with Gasteiger partial charge >= 0.3 is 5.97 Å². The number of likely N-dealkylation sites (tertiary alicyclic amines) is 1. The maximum absolute atomic E-state index is 15.8. The second kappa shape index (κ2) is 9.66. The molecule has 0 saturated carbocycles. The lowest BCUT2D eigenvalue weighted by molar-refractivity contribution is -0.135. The monoisotopic (exact) mass is 491 g/mol. The van der Waals surface area contributed by atoms with E-state index in [1.165, 1.54) is 23.2 Å². The number of amides is 1. The Morgan fingerprint density at radius 3 is 2.78 bits per heavy atom. The lowest BCUT2D eigenvalue weighted by Gasteiger charge is -2.33. The summed E-state index contributed by atoms with van der Waals surface area (Å²) in [6, 6.07) is 7.93. The van der Waals surface area contributed by atoms with Gasteiger partial charge in [-0.1, -0.05) is 6.07 Å². The number of nitrogens with one attached hydrogen (secondary N) is 1. The fourth-order valence-electron chi connectivity index (χ4n) is 4.24. The Labute approximate surface area is 204 Å². The number of carbonyl (C=O) groups excluding carboxylic acids is 1. The van der Waals surface area contributed by atoms with E-state index in [1.807, 2.05) is 18.2 Å². The molecule has 0 aromatic carbocycles. The minimum absolute atomic E-state index is 0.0543. The third-order valence-electron chi connectivity index (χ3n) is 6.02. The van der Waals surface area contributed by atoms with Crippen molar-refractivity contribution in [2.45, 2.75) is 18.9 Å². The number of piperidine rings is 1. The molecule has 1 atom stereocenters. The fourth-order valence-corrected chi connectivity index (χ4v) is 4.24. The van der Waals surface area contributed by atoms with E-state index in [0.29, 0.717) is 31.5 Å². The highest BCUT2D eigenvalue weighted by atomic mass is 19.1. The number of hydrogen-bond donors (Lipinski definition) is 3. The van der Waals surface area contributed by atoms with Crippen molar-refractivity contribution in [3.05, 3.63) is 60.4 Å². The molecule has 0 radical (unpaired) electrons. The van der Waals surface area contributed by atoms with E-state index in [9.17, 15) is 14.7 Å². The summed E-state index contributed by atoms with van der Waals surface area (Å²) in [5.41, 5.74) is 1.35. The molecule has 1 saturated heterocycles. The number of carboxylic acid groups (broad SMARTS) is 1. The zero-order valence-electron chi connectivity index (χ0n) is 19.0. The van der Waals surface area contributed by atoms with Crippen LogP contribution < -0.4 is 5.32 Å². The first-order valence-electron chi connectivity index (χ1n) is 11.3. The Bertz CT molecular complexity index is 1440. The highest BCUT2D eigenvalue weighted by Crippen LogP contribution is 2.31. The van der Waals surface area contributed by atoms with Crippen LogP contribution in [0.5, 0.6) is 0 Å². The zero-order valence-corrected chi connectivity index (χ0v) is 19.0. The van der Waals surface area contributed by atoms with Crippen molar-refractivity contribution in [1.29, 1.82) is 0 Å². The molecule has 12 heteroatoms. The van der Waals surface area contributed by atoms with Crippen molar-refractivity contribution in [2.24, 2.45) is 0 Å². The molecule has 0 spiro atoms. The predicted octanol–water partition coefficient (Wildman–Crippen LogP) is 2.09. The van der Waals surface area contributed by atoms with Gasteiger partial charge in [-0.25, -0.2) is 28.7 Å². The second-order valence-electron chi connectivity index (χ2n) is 8.37. The highest BCUT2D eigenvalue weighted by molar-refractivity contribution is 5.86. The van der Waals surface area contributed by atoms with Gasteiger partial charge in [-0.2, -0.15) is 5.10 Å². The van der Waals surface area contributed by atoms with Gasteiger partial charge < -0.3 is 20.4 Å². The average molecular weight is 491 g/mol. The summed E-state index contributed by atoms with van der Waals surface area (Å²) in [4.78, 5) is 37.5. The number of carbonyl (C=O) groups is 2. The highest BCUT2D eigenvalue weighted by Gasteiger charge is 2.26. The van der Waals surface area contributed by atoms with Gasteiger partial charge in [0, 0.05) is 37.1 Å². The lowest BCUT2D eigenvalue weighted by Crippen LogP contribution is -2.46. The Kier molecular flexibility index (Phi) is 6.25. The molecule has 0 aliphatic carbocycles. The number of halogens is 1. The number of rotatable bonds is 6. The number of anilines is 1. The largest absolute Gasteiger partial charge is 0.477 e. The van der Waals surface area contributed by atoms with Gasteiger partial charge in [0.15, 0.2) is 17.5 Å². The summed E-state index contributed by atoms with van der Waals surface area (Å²) in [7, 11) is 0. The quantitative estimate of drug-likeness (QED) is 0.369. The van der Waals surface area contributed by atoms with Gasteiger partial charge in [0.05, 0.1) is 17.3 Å². The van der Waals surface area contributed by atoms with Gasteiger partial charge in [-0.15, -0.1) is 0 Å². The van der Waals surface area contributed by atoms with Crippen LogP contribution in [0.3, 0.4) is 0 Å². The summed E-state index contributed by atoms with van der Waals surface area (Å²) >= 11 is 0. The van der Waals surface area contributed by atoms with Gasteiger partial charge in [-0.3, -0.25) is 4.79 Å². The van der Waals surface area contributed by atoms with E-state index in [2.05, 4.69) is 25.4 Å². The topological polar surface area (TPSA) is 146 Å². The molecule has 5 heterocycles. The normalized spacial score (nSPS) is 15.7. The molecule has 1 aliphatic rings. The molecule has 11 nitrogen and oxygen atoms in total. The molecule has 4 aromatic heterocycles. The van der Waals surface area contributed by atoms with Crippen molar-refractivity contribution < 1.29 is 24.2 Å². The molecule has 1 fully saturated rings. The molecular weight excluding hydrogens is 469 g/mol. The fraction of sp³-hybridized carbons (Fsp3) is 0.250. The minimum Gasteiger partial charge on any atom is -0.477 e. The van der Waals surface area contributed by atoms with Crippen molar-refractivity contribution in [3.63, 3.8) is 0 Å². The lowest BCUT2D eigenvalue weighted by atomic mass is 10.1. The van der Waals surface area contributed by atoms with E-state index in [1.54, 1.807) is 16.9 Å². The van der Waals surface area contributed by atoms with Crippen LogP contribution in [0.25, 0.3) is 28.2 Å². The van der Waals surface area contributed by atoms with Crippen LogP contribution >= 0.6 is 0 Å². The Hall–Kier alpha value is -4.45. The minimum atomic E-state index is -1.20. The summed E-state index contributed by atoms with van der Waals surface area (Å²) in [5, 5.41) is 25.8. The van der Waals surface area contributed by atoms with E-state index in [4.69, 9.17) is 5.11 Å². The smallest absolute Gasteiger partial charge is 0.354 e. The van der Waals surface area contributed by atoms with E-state index in [0.717, 1.165) is 5.52 Å². The van der Waals surface area contributed by atoms with Crippen LogP contribution in [0.15, 0.2) is 48.9 Å². The van der Waals surface area contributed by atoms with E-state index >= 15 is 4.39 Å². The Morgan fingerprint density at radius 1 is 1.17 bits per heavy atom. The van der Waals surface area contributed by atoms with Crippen LogP contribution in [-0.4, -0.2) is 77.3 Å². The number of pyridine rings is 2. The van der Waals surface area contributed by atoms with Crippen molar-refractivity contribution in [3.8, 4) is 22.6 Å². The number of carboxylic acids is 1. The first-order chi connectivity index (χ1) is 17.4. The van der Waals surface area contributed by atoms with Gasteiger partial charge in [0.2, 0.25) is 5.91 Å². The number of aromatic nitrogens is 5. The summed E-state index contributed by atoms with van der Waals surface area (Å²) in [6.07, 6.45) is 5.97. The maximum atomic E-state index is 15.8. The third kappa shape index (κ3) is 4.45. The van der Waals surface area contributed by atoms with Gasteiger partial charge in [0.1, 0.15) is 18.0 Å². The van der Waals surface area contributed by atoms with Crippen LogP contribution in [-0.2, 0) is 4.79 Å². The molecule has 0 unspecified atom stereocenters. The average Bonchev–Trinajstić information content (AvgIpc) is 3.34. The standard InChI is InChI=1S/C24H22FN7O4/c25-20-21(14-6-7-17(24(35)36)26-10-14)29-22(16-11-27-32-9-2-1-5-18(16)32)30-23(20)28-15-4-3-8-31(12-15)19(34)13-33/h1-2,5-7,9-11,15,33H,3-4,8,12-13H2,(H,35,36)(H,28,29,30)/t15-/m1/s1.